The van der Waals surface area contributed by atoms with Gasteiger partial charge in [-0.25, -0.2) is 0 Å². The van der Waals surface area contributed by atoms with E-state index in [1.807, 2.05) is 30.3 Å². The third-order valence-corrected chi connectivity index (χ3v) is 5.81. The Hall–Kier alpha value is -2.53. The molecule has 1 amide bonds. The summed E-state index contributed by atoms with van der Waals surface area (Å²) in [5, 5.41) is 0.290. The van der Waals surface area contributed by atoms with E-state index in [0.717, 1.165) is 5.56 Å². The van der Waals surface area contributed by atoms with Crippen LogP contribution in [0.15, 0.2) is 64.6 Å². The first kappa shape index (κ1) is 17.9. The van der Waals surface area contributed by atoms with Crippen LogP contribution in [0.25, 0.3) is 0 Å². The molecule has 3 aliphatic rings. The minimum Gasteiger partial charge on any atom is -0.496 e. The predicted molar refractivity (Wildman–Crippen MR) is 100 cm³/mol. The van der Waals surface area contributed by atoms with Crippen LogP contribution in [0.1, 0.15) is 12.0 Å². The standard InChI is InChI=1S/C21H20ClNO4/c1-23(2)20(25)18-14-10-21(19(18)22)16(24)8-15(9-17(21)27-12-14)26-11-13-6-4-3-5-7-13/h3-9,14H,10-12H2,1-2H3/t14-,21-/m1/s1. The molecule has 2 aliphatic carbocycles. The maximum absolute atomic E-state index is 13.1. The van der Waals surface area contributed by atoms with Crippen LogP contribution >= 0.6 is 11.6 Å². The quantitative estimate of drug-likeness (QED) is 0.798. The molecule has 1 saturated heterocycles. The van der Waals surface area contributed by atoms with Crippen molar-refractivity contribution in [1.82, 2.24) is 4.90 Å². The highest BCUT2D eigenvalue weighted by molar-refractivity contribution is 6.36. The summed E-state index contributed by atoms with van der Waals surface area (Å²) in [7, 11) is 3.35. The van der Waals surface area contributed by atoms with Crippen LogP contribution in [0.3, 0.4) is 0 Å². The van der Waals surface area contributed by atoms with Crippen molar-refractivity contribution in [3.05, 3.63) is 70.2 Å². The second-order valence-corrected chi connectivity index (χ2v) is 7.62. The minimum atomic E-state index is -1.08. The van der Waals surface area contributed by atoms with E-state index in [4.69, 9.17) is 21.1 Å². The van der Waals surface area contributed by atoms with Gasteiger partial charge in [0, 0.05) is 42.8 Å². The number of halogens is 1. The number of ether oxygens (including phenoxy) is 2. The molecule has 1 fully saturated rings. The molecule has 0 unspecified atom stereocenters. The van der Waals surface area contributed by atoms with Gasteiger partial charge in [-0.05, 0) is 12.0 Å². The van der Waals surface area contributed by atoms with Gasteiger partial charge in [0.2, 0.25) is 0 Å². The van der Waals surface area contributed by atoms with Crippen LogP contribution in [-0.4, -0.2) is 37.3 Å². The molecule has 0 N–H and O–H groups in total. The molecule has 6 heteroatoms. The predicted octanol–water partition coefficient (Wildman–Crippen LogP) is 3.17. The lowest BCUT2D eigenvalue weighted by Crippen LogP contribution is -2.38. The molecule has 1 aliphatic heterocycles. The lowest BCUT2D eigenvalue weighted by molar-refractivity contribution is -0.126. The second-order valence-electron chi connectivity index (χ2n) is 7.24. The first-order valence-electron chi connectivity index (χ1n) is 8.83. The van der Waals surface area contributed by atoms with Crippen molar-refractivity contribution in [2.75, 3.05) is 20.7 Å². The zero-order chi connectivity index (χ0) is 19.2. The van der Waals surface area contributed by atoms with E-state index in [1.165, 1.54) is 11.0 Å². The van der Waals surface area contributed by atoms with Crippen molar-refractivity contribution < 1.29 is 19.1 Å². The van der Waals surface area contributed by atoms with E-state index in [-0.39, 0.29) is 17.6 Å². The van der Waals surface area contributed by atoms with Crippen LogP contribution in [0.4, 0.5) is 0 Å². The number of allylic oxidation sites excluding steroid dienone is 3. The van der Waals surface area contributed by atoms with E-state index >= 15 is 0 Å². The van der Waals surface area contributed by atoms with Crippen LogP contribution in [0, 0.1) is 11.3 Å². The van der Waals surface area contributed by atoms with E-state index in [1.54, 1.807) is 20.2 Å². The van der Waals surface area contributed by atoms with Crippen LogP contribution in [0.5, 0.6) is 0 Å². The average molecular weight is 386 g/mol. The summed E-state index contributed by atoms with van der Waals surface area (Å²) in [6.07, 6.45) is 3.66. The Morgan fingerprint density at radius 2 is 2.04 bits per heavy atom. The average Bonchev–Trinajstić information content (AvgIpc) is 2.89. The molecule has 140 valence electrons. The number of carbonyl (C=O) groups excluding carboxylic acids is 2. The van der Waals surface area contributed by atoms with E-state index < -0.39 is 5.41 Å². The molecule has 27 heavy (non-hydrogen) atoms. The number of benzene rings is 1. The highest BCUT2D eigenvalue weighted by atomic mass is 35.5. The van der Waals surface area contributed by atoms with Crippen molar-refractivity contribution >= 4 is 23.3 Å². The molecule has 4 rings (SSSR count). The van der Waals surface area contributed by atoms with Gasteiger partial charge in [0.15, 0.2) is 5.78 Å². The fourth-order valence-electron chi connectivity index (χ4n) is 3.89. The number of fused-ring (bicyclic) bond motifs is 1. The van der Waals surface area contributed by atoms with Gasteiger partial charge in [0.05, 0.1) is 6.61 Å². The Morgan fingerprint density at radius 1 is 1.30 bits per heavy atom. The Balaban J connectivity index is 1.63. The van der Waals surface area contributed by atoms with Crippen molar-refractivity contribution in [1.29, 1.82) is 0 Å². The van der Waals surface area contributed by atoms with Gasteiger partial charge < -0.3 is 14.4 Å². The van der Waals surface area contributed by atoms with Gasteiger partial charge >= 0.3 is 0 Å². The highest BCUT2D eigenvalue weighted by Gasteiger charge is 2.59. The fraction of sp³-hybridized carbons (Fsp3) is 0.333. The molecule has 1 aromatic carbocycles. The number of hydrogen-bond acceptors (Lipinski definition) is 4. The number of hydrogen-bond donors (Lipinski definition) is 0. The number of rotatable bonds is 4. The zero-order valence-electron chi connectivity index (χ0n) is 15.2. The Labute approximate surface area is 162 Å². The van der Waals surface area contributed by atoms with Crippen LogP contribution < -0.4 is 0 Å². The van der Waals surface area contributed by atoms with Gasteiger partial charge in [-0.15, -0.1) is 0 Å². The summed E-state index contributed by atoms with van der Waals surface area (Å²) in [4.78, 5) is 27.1. The molecule has 1 spiro atoms. The monoisotopic (exact) mass is 385 g/mol. The summed E-state index contributed by atoms with van der Waals surface area (Å²) in [5.41, 5.74) is 0.415. The van der Waals surface area contributed by atoms with Gasteiger partial charge in [-0.2, -0.15) is 0 Å². The molecule has 5 nitrogen and oxygen atoms in total. The smallest absolute Gasteiger partial charge is 0.250 e. The summed E-state index contributed by atoms with van der Waals surface area (Å²) in [6, 6.07) is 9.72. The molecular weight excluding hydrogens is 366 g/mol. The number of likely N-dealkylation sites (N-methyl/N-ethyl adjacent to an activating group) is 1. The highest BCUT2D eigenvalue weighted by Crippen LogP contribution is 2.58. The molecule has 0 aromatic heterocycles. The zero-order valence-corrected chi connectivity index (χ0v) is 16.0. The first-order valence-corrected chi connectivity index (χ1v) is 9.21. The maximum atomic E-state index is 13.1. The van der Waals surface area contributed by atoms with E-state index in [2.05, 4.69) is 0 Å². The number of amides is 1. The molecule has 0 radical (unpaired) electrons. The Bertz CT molecular complexity index is 900. The summed E-state index contributed by atoms with van der Waals surface area (Å²) < 4.78 is 11.7. The topological polar surface area (TPSA) is 55.8 Å². The van der Waals surface area contributed by atoms with E-state index in [0.29, 0.717) is 41.8 Å². The normalized spacial score (nSPS) is 26.0. The lowest BCUT2D eigenvalue weighted by atomic mass is 9.75. The number of carbonyl (C=O) groups is 2. The maximum Gasteiger partial charge on any atom is 0.250 e. The van der Waals surface area contributed by atoms with Crippen LogP contribution in [-0.2, 0) is 25.7 Å². The second kappa shape index (κ2) is 6.57. The summed E-state index contributed by atoms with van der Waals surface area (Å²) in [6.45, 7) is 0.686. The van der Waals surface area contributed by atoms with Crippen molar-refractivity contribution in [3.63, 3.8) is 0 Å². The fourth-order valence-corrected chi connectivity index (χ4v) is 4.39. The molecule has 1 heterocycles. The largest absolute Gasteiger partial charge is 0.496 e. The van der Waals surface area contributed by atoms with E-state index in [9.17, 15) is 9.59 Å². The van der Waals surface area contributed by atoms with Crippen LogP contribution in [0.2, 0.25) is 0 Å². The third kappa shape index (κ3) is 2.77. The van der Waals surface area contributed by atoms with Crippen molar-refractivity contribution in [2.24, 2.45) is 11.3 Å². The first-order chi connectivity index (χ1) is 12.9. The Morgan fingerprint density at radius 3 is 2.74 bits per heavy atom. The molecule has 2 atom stereocenters. The Kier molecular flexibility index (Phi) is 4.35. The number of ketones is 1. The SMILES string of the molecule is CN(C)C(=O)C1=C(Cl)[C@@]23C[C@@H]1COC2=CC(OCc1ccccc1)=CC3=O. The lowest BCUT2D eigenvalue weighted by Gasteiger charge is -2.36. The van der Waals surface area contributed by atoms with Crippen molar-refractivity contribution in [3.8, 4) is 0 Å². The van der Waals surface area contributed by atoms with Gasteiger partial charge in [0.1, 0.15) is 23.5 Å². The molecular formula is C21H20ClNO4. The summed E-state index contributed by atoms with van der Waals surface area (Å²) in [5.74, 6) is 0.378. The number of nitrogens with zero attached hydrogens (tertiary/aromatic N) is 1. The minimum absolute atomic E-state index is 0.172. The van der Waals surface area contributed by atoms with Gasteiger partial charge in [-0.3, -0.25) is 9.59 Å². The van der Waals surface area contributed by atoms with Crippen molar-refractivity contribution in [2.45, 2.75) is 13.0 Å². The molecule has 2 bridgehead atoms. The summed E-state index contributed by atoms with van der Waals surface area (Å²) >= 11 is 6.62. The molecule has 1 aromatic rings. The molecule has 0 saturated carbocycles. The van der Waals surface area contributed by atoms with Gasteiger partial charge in [-0.1, -0.05) is 41.9 Å². The third-order valence-electron chi connectivity index (χ3n) is 5.28. The van der Waals surface area contributed by atoms with Gasteiger partial charge in [0.25, 0.3) is 5.91 Å².